The number of rotatable bonds is 3. The zero-order valence-electron chi connectivity index (χ0n) is 12.4. The lowest BCUT2D eigenvalue weighted by molar-refractivity contribution is 0.0791. The van der Waals surface area contributed by atoms with Gasteiger partial charge in [-0.3, -0.25) is 9.78 Å². The Kier molecular flexibility index (Phi) is 4.01. The van der Waals surface area contributed by atoms with E-state index in [0.29, 0.717) is 5.92 Å². The van der Waals surface area contributed by atoms with E-state index in [9.17, 15) is 4.79 Å². The minimum absolute atomic E-state index is 0.145. The van der Waals surface area contributed by atoms with E-state index in [1.54, 1.807) is 6.20 Å². The lowest BCUT2D eigenvalue weighted by Gasteiger charge is -2.16. The zero-order valence-corrected chi connectivity index (χ0v) is 13.2. The van der Waals surface area contributed by atoms with Gasteiger partial charge in [-0.2, -0.15) is 0 Å². The maximum absolute atomic E-state index is 12.6. The summed E-state index contributed by atoms with van der Waals surface area (Å²) in [5.74, 6) is 0.680. The van der Waals surface area contributed by atoms with Crippen LogP contribution in [0.5, 0.6) is 0 Å². The highest BCUT2D eigenvalue weighted by molar-refractivity contribution is 7.13. The van der Waals surface area contributed by atoms with Crippen LogP contribution in [0.1, 0.15) is 32.4 Å². The molecule has 1 amide bonds. The third-order valence-corrected chi connectivity index (χ3v) is 4.98. The molecule has 0 N–H and O–H groups in total. The Morgan fingerprint density at radius 1 is 1.48 bits per heavy atom. The predicted octanol–water partition coefficient (Wildman–Crippen LogP) is 2.86. The molecule has 0 aliphatic carbocycles. The summed E-state index contributed by atoms with van der Waals surface area (Å²) in [4.78, 5) is 23.8. The summed E-state index contributed by atoms with van der Waals surface area (Å²) in [5.41, 5.74) is 2.11. The molecule has 1 fully saturated rings. The molecule has 0 spiro atoms. The zero-order chi connectivity index (χ0) is 14.8. The lowest BCUT2D eigenvalue weighted by atomic mass is 10.0. The molecule has 2 aromatic heterocycles. The van der Waals surface area contributed by atoms with Crippen LogP contribution in [0.3, 0.4) is 0 Å². The first kappa shape index (κ1) is 14.2. The minimum Gasteiger partial charge on any atom is -0.338 e. The molecular formula is C16H19N3OS. The number of aromatic nitrogens is 2. The van der Waals surface area contributed by atoms with Gasteiger partial charge in [0.2, 0.25) is 0 Å². The van der Waals surface area contributed by atoms with Gasteiger partial charge in [0, 0.05) is 25.5 Å². The third-order valence-electron chi connectivity index (χ3n) is 3.92. The molecular weight excluding hydrogens is 282 g/mol. The summed E-state index contributed by atoms with van der Waals surface area (Å²) < 4.78 is 0. The SMILES string of the molecule is Cc1nc(C)c(C(=O)N2CCC(Cc3cccnc3)C2)s1. The Bertz CT molecular complexity index is 638. The molecule has 1 aliphatic rings. The van der Waals surface area contributed by atoms with E-state index < -0.39 is 0 Å². The lowest BCUT2D eigenvalue weighted by Crippen LogP contribution is -2.28. The van der Waals surface area contributed by atoms with Gasteiger partial charge >= 0.3 is 0 Å². The smallest absolute Gasteiger partial charge is 0.265 e. The molecule has 0 bridgehead atoms. The molecule has 2 aromatic rings. The third kappa shape index (κ3) is 3.13. The van der Waals surface area contributed by atoms with Gasteiger partial charge in [0.25, 0.3) is 5.91 Å². The quantitative estimate of drug-likeness (QED) is 0.875. The van der Waals surface area contributed by atoms with Crippen LogP contribution in [0.25, 0.3) is 0 Å². The van der Waals surface area contributed by atoms with Gasteiger partial charge in [-0.1, -0.05) is 6.07 Å². The first-order valence-electron chi connectivity index (χ1n) is 7.25. The number of pyridine rings is 1. The fourth-order valence-corrected chi connectivity index (χ4v) is 3.80. The molecule has 110 valence electrons. The van der Waals surface area contributed by atoms with Crippen LogP contribution in [0.2, 0.25) is 0 Å². The number of carbonyl (C=O) groups excluding carboxylic acids is 1. The van der Waals surface area contributed by atoms with Gasteiger partial charge in [-0.25, -0.2) is 4.98 Å². The Morgan fingerprint density at radius 2 is 2.33 bits per heavy atom. The van der Waals surface area contributed by atoms with Crippen molar-refractivity contribution in [3.63, 3.8) is 0 Å². The van der Waals surface area contributed by atoms with E-state index in [2.05, 4.69) is 16.0 Å². The van der Waals surface area contributed by atoms with Gasteiger partial charge < -0.3 is 4.90 Å². The van der Waals surface area contributed by atoms with Crippen molar-refractivity contribution in [2.24, 2.45) is 5.92 Å². The first-order valence-corrected chi connectivity index (χ1v) is 8.07. The van der Waals surface area contributed by atoms with Gasteiger partial charge in [-0.15, -0.1) is 11.3 Å². The minimum atomic E-state index is 0.145. The van der Waals surface area contributed by atoms with E-state index in [-0.39, 0.29) is 5.91 Å². The normalized spacial score (nSPS) is 18.2. The van der Waals surface area contributed by atoms with Crippen LogP contribution in [0.4, 0.5) is 0 Å². The van der Waals surface area contributed by atoms with Gasteiger partial charge in [0.15, 0.2) is 0 Å². The first-order chi connectivity index (χ1) is 10.1. The standard InChI is InChI=1S/C16H19N3OS/c1-11-15(21-12(2)18-11)16(20)19-7-5-14(10-19)8-13-4-3-6-17-9-13/h3-4,6,9,14H,5,7-8,10H2,1-2H3. The summed E-state index contributed by atoms with van der Waals surface area (Å²) in [5, 5.41) is 0.960. The fraction of sp³-hybridized carbons (Fsp3) is 0.438. The molecule has 4 nitrogen and oxygen atoms in total. The second kappa shape index (κ2) is 5.93. The van der Waals surface area contributed by atoms with Crippen molar-refractivity contribution in [3.8, 4) is 0 Å². The van der Waals surface area contributed by atoms with E-state index in [1.165, 1.54) is 16.9 Å². The molecule has 3 rings (SSSR count). The Hall–Kier alpha value is -1.75. The Balaban J connectivity index is 1.64. The molecule has 0 radical (unpaired) electrons. The molecule has 1 atom stereocenters. The van der Waals surface area contributed by atoms with Crippen molar-refractivity contribution in [2.75, 3.05) is 13.1 Å². The monoisotopic (exact) mass is 301 g/mol. The van der Waals surface area contributed by atoms with Crippen molar-refractivity contribution in [2.45, 2.75) is 26.7 Å². The van der Waals surface area contributed by atoms with Crippen molar-refractivity contribution >= 4 is 17.2 Å². The highest BCUT2D eigenvalue weighted by atomic mass is 32.1. The molecule has 1 aliphatic heterocycles. The highest BCUT2D eigenvalue weighted by Crippen LogP contribution is 2.25. The van der Waals surface area contributed by atoms with Crippen molar-refractivity contribution in [1.29, 1.82) is 0 Å². The second-order valence-electron chi connectivity index (χ2n) is 5.62. The van der Waals surface area contributed by atoms with Gasteiger partial charge in [0.05, 0.1) is 10.7 Å². The average Bonchev–Trinajstić information content (AvgIpc) is 3.06. The van der Waals surface area contributed by atoms with Crippen LogP contribution in [-0.2, 0) is 6.42 Å². The maximum Gasteiger partial charge on any atom is 0.265 e. The van der Waals surface area contributed by atoms with Crippen molar-refractivity contribution in [3.05, 3.63) is 45.7 Å². The summed E-state index contributed by atoms with van der Waals surface area (Å²) >= 11 is 1.50. The Labute approximate surface area is 128 Å². The average molecular weight is 301 g/mol. The number of carbonyl (C=O) groups is 1. The van der Waals surface area contributed by atoms with Crippen LogP contribution in [-0.4, -0.2) is 33.9 Å². The number of hydrogen-bond donors (Lipinski definition) is 0. The maximum atomic E-state index is 12.6. The molecule has 21 heavy (non-hydrogen) atoms. The topological polar surface area (TPSA) is 46.1 Å². The highest BCUT2D eigenvalue weighted by Gasteiger charge is 2.29. The van der Waals surface area contributed by atoms with Crippen molar-refractivity contribution in [1.82, 2.24) is 14.9 Å². The van der Waals surface area contributed by atoms with Crippen LogP contribution >= 0.6 is 11.3 Å². The van der Waals surface area contributed by atoms with Gasteiger partial charge in [0.1, 0.15) is 4.88 Å². The molecule has 1 unspecified atom stereocenters. The number of nitrogens with zero attached hydrogens (tertiary/aromatic N) is 3. The molecule has 5 heteroatoms. The fourth-order valence-electron chi connectivity index (χ4n) is 2.91. The summed E-state index contributed by atoms with van der Waals surface area (Å²) in [6, 6.07) is 4.07. The number of aryl methyl sites for hydroxylation is 2. The van der Waals surface area contributed by atoms with Crippen LogP contribution < -0.4 is 0 Å². The van der Waals surface area contributed by atoms with Crippen LogP contribution in [0.15, 0.2) is 24.5 Å². The number of hydrogen-bond acceptors (Lipinski definition) is 4. The van der Waals surface area contributed by atoms with Crippen molar-refractivity contribution < 1.29 is 4.79 Å². The molecule has 1 saturated heterocycles. The number of amides is 1. The van der Waals surface area contributed by atoms with E-state index >= 15 is 0 Å². The Morgan fingerprint density at radius 3 is 3.00 bits per heavy atom. The molecule has 0 aromatic carbocycles. The van der Waals surface area contributed by atoms with E-state index in [4.69, 9.17) is 0 Å². The predicted molar refractivity (Wildman–Crippen MR) is 83.5 cm³/mol. The van der Waals surface area contributed by atoms with Crippen LogP contribution in [0, 0.1) is 19.8 Å². The number of likely N-dealkylation sites (tertiary alicyclic amines) is 1. The summed E-state index contributed by atoms with van der Waals surface area (Å²) in [6.07, 6.45) is 5.78. The van der Waals surface area contributed by atoms with Gasteiger partial charge in [-0.05, 0) is 44.2 Å². The van der Waals surface area contributed by atoms with E-state index in [0.717, 1.165) is 41.5 Å². The van der Waals surface area contributed by atoms with E-state index in [1.807, 2.05) is 31.0 Å². The summed E-state index contributed by atoms with van der Waals surface area (Å²) in [7, 11) is 0. The molecule has 0 saturated carbocycles. The largest absolute Gasteiger partial charge is 0.338 e. The summed E-state index contributed by atoms with van der Waals surface area (Å²) in [6.45, 7) is 5.55. The number of thiazole rings is 1. The molecule has 3 heterocycles. The second-order valence-corrected chi connectivity index (χ2v) is 6.82.